The minimum absolute atomic E-state index is 0.418. The molecule has 0 bridgehead atoms. The molecule has 0 aliphatic carbocycles. The van der Waals surface area contributed by atoms with Gasteiger partial charge in [-0.15, -0.1) is 0 Å². The van der Waals surface area contributed by atoms with Gasteiger partial charge in [-0.25, -0.2) is 0 Å². The van der Waals surface area contributed by atoms with Crippen molar-refractivity contribution in [2.75, 3.05) is 0 Å². The van der Waals surface area contributed by atoms with Crippen LogP contribution in [0.2, 0.25) is 0 Å². The largest absolute Gasteiger partial charge is 0.328 e. The Morgan fingerprint density at radius 2 is 1.06 bits per heavy atom. The Balaban J connectivity index is 3.55. The molecule has 0 radical (unpaired) electrons. The predicted molar refractivity (Wildman–Crippen MR) is 78.0 cm³/mol. The van der Waals surface area contributed by atoms with Crippen LogP contribution in [0.4, 0.5) is 0 Å². The van der Waals surface area contributed by atoms with Crippen LogP contribution in [0.25, 0.3) is 0 Å². The molecule has 0 fully saturated rings. The molecular weight excluding hydrogens is 208 g/mol. The molecule has 17 heavy (non-hydrogen) atoms. The molecule has 2 unspecified atom stereocenters. The van der Waals surface area contributed by atoms with Gasteiger partial charge in [0.15, 0.2) is 0 Å². The summed E-state index contributed by atoms with van der Waals surface area (Å²) in [5.41, 5.74) is 11.9. The predicted octanol–water partition coefficient (Wildman–Crippen LogP) is 3.83. The van der Waals surface area contributed by atoms with Crippen molar-refractivity contribution in [1.82, 2.24) is 0 Å². The molecule has 0 aromatic rings. The molecule has 0 saturated carbocycles. The fraction of sp³-hybridized carbons (Fsp3) is 1.00. The van der Waals surface area contributed by atoms with Gasteiger partial charge in [0.2, 0.25) is 0 Å². The fourth-order valence-corrected chi connectivity index (χ4v) is 2.30. The number of rotatable bonds is 11. The molecule has 0 aliphatic heterocycles. The van der Waals surface area contributed by atoms with E-state index in [1.165, 1.54) is 44.9 Å². The van der Waals surface area contributed by atoms with Gasteiger partial charge < -0.3 is 11.5 Å². The van der Waals surface area contributed by atoms with Crippen LogP contribution in [0.5, 0.6) is 0 Å². The van der Waals surface area contributed by atoms with Gasteiger partial charge in [0.1, 0.15) is 0 Å². The summed E-state index contributed by atoms with van der Waals surface area (Å²) >= 11 is 0. The molecule has 0 aliphatic rings. The number of nitrogens with two attached hydrogens (primary N) is 2. The Hall–Kier alpha value is -0.0800. The zero-order valence-electron chi connectivity index (χ0n) is 12.3. The third-order valence-electron chi connectivity index (χ3n) is 4.00. The maximum atomic E-state index is 5.94. The Labute approximate surface area is 109 Å². The standard InChI is InChI=1S/C15H34N2/c1-4-13(9-7-11-14(16)5-2)10-8-12-15(17)6-3/h13-15H,4-12,16-17H2,1-3H3. The third-order valence-corrected chi connectivity index (χ3v) is 4.00. The second-order valence-electron chi connectivity index (χ2n) is 5.47. The lowest BCUT2D eigenvalue weighted by molar-refractivity contribution is 0.382. The molecule has 4 N–H and O–H groups in total. The van der Waals surface area contributed by atoms with E-state index in [0.717, 1.165) is 18.8 Å². The zero-order valence-corrected chi connectivity index (χ0v) is 12.3. The van der Waals surface area contributed by atoms with E-state index >= 15 is 0 Å². The molecule has 2 heteroatoms. The van der Waals surface area contributed by atoms with Crippen LogP contribution in [-0.4, -0.2) is 12.1 Å². The van der Waals surface area contributed by atoms with Gasteiger partial charge >= 0.3 is 0 Å². The third kappa shape index (κ3) is 9.61. The first-order chi connectivity index (χ1) is 8.13. The Kier molecular flexibility index (Phi) is 11.0. The molecule has 2 nitrogen and oxygen atoms in total. The summed E-state index contributed by atoms with van der Waals surface area (Å²) in [6.07, 6.45) is 11.2. The molecule has 2 atom stereocenters. The minimum atomic E-state index is 0.418. The fourth-order valence-electron chi connectivity index (χ4n) is 2.30. The van der Waals surface area contributed by atoms with Gasteiger partial charge in [-0.3, -0.25) is 0 Å². The van der Waals surface area contributed by atoms with E-state index in [1.54, 1.807) is 0 Å². The highest BCUT2D eigenvalue weighted by atomic mass is 14.6. The van der Waals surface area contributed by atoms with Crippen LogP contribution in [-0.2, 0) is 0 Å². The topological polar surface area (TPSA) is 52.0 Å². The summed E-state index contributed by atoms with van der Waals surface area (Å²) in [6, 6.07) is 0.835. The Morgan fingerprint density at radius 1 is 0.647 bits per heavy atom. The second-order valence-corrected chi connectivity index (χ2v) is 5.47. The molecule has 104 valence electrons. The van der Waals surface area contributed by atoms with Gasteiger partial charge in [-0.05, 0) is 31.6 Å². The highest BCUT2D eigenvalue weighted by molar-refractivity contribution is 4.65. The first kappa shape index (κ1) is 16.9. The Morgan fingerprint density at radius 3 is 1.35 bits per heavy atom. The first-order valence-corrected chi connectivity index (χ1v) is 7.65. The van der Waals surface area contributed by atoms with Gasteiger partial charge in [0, 0.05) is 12.1 Å². The quantitative estimate of drug-likeness (QED) is 0.578. The maximum absolute atomic E-state index is 5.94. The van der Waals surface area contributed by atoms with E-state index in [0.29, 0.717) is 12.1 Å². The van der Waals surface area contributed by atoms with Crippen molar-refractivity contribution in [3.63, 3.8) is 0 Å². The molecule has 0 saturated heterocycles. The van der Waals surface area contributed by atoms with E-state index in [4.69, 9.17) is 11.5 Å². The van der Waals surface area contributed by atoms with Crippen LogP contribution in [0, 0.1) is 5.92 Å². The molecule has 0 aromatic heterocycles. The number of hydrogen-bond acceptors (Lipinski definition) is 2. The molecule has 0 aromatic carbocycles. The lowest BCUT2D eigenvalue weighted by atomic mass is 9.91. The molecule has 0 rings (SSSR count). The van der Waals surface area contributed by atoms with E-state index < -0.39 is 0 Å². The van der Waals surface area contributed by atoms with E-state index in [1.807, 2.05) is 0 Å². The minimum Gasteiger partial charge on any atom is -0.328 e. The highest BCUT2D eigenvalue weighted by Gasteiger charge is 2.08. The maximum Gasteiger partial charge on any atom is 0.00362 e. The summed E-state index contributed by atoms with van der Waals surface area (Å²) in [5, 5.41) is 0. The smallest absolute Gasteiger partial charge is 0.00362 e. The molecule has 0 heterocycles. The summed E-state index contributed by atoms with van der Waals surface area (Å²) in [6.45, 7) is 6.66. The van der Waals surface area contributed by atoms with E-state index in [9.17, 15) is 0 Å². The van der Waals surface area contributed by atoms with Crippen molar-refractivity contribution in [2.24, 2.45) is 17.4 Å². The van der Waals surface area contributed by atoms with Crippen LogP contribution >= 0.6 is 0 Å². The number of hydrogen-bond donors (Lipinski definition) is 2. The average Bonchev–Trinajstić information content (AvgIpc) is 2.36. The first-order valence-electron chi connectivity index (χ1n) is 7.65. The summed E-state index contributed by atoms with van der Waals surface area (Å²) in [7, 11) is 0. The van der Waals surface area contributed by atoms with Crippen LogP contribution in [0.15, 0.2) is 0 Å². The van der Waals surface area contributed by atoms with Gasteiger partial charge in [0.05, 0.1) is 0 Å². The summed E-state index contributed by atoms with van der Waals surface area (Å²) in [5.74, 6) is 0.892. The normalized spacial score (nSPS) is 16.8. The SMILES string of the molecule is CCC(N)CCCC(CC)CCCC(N)CC. The molecule has 0 amide bonds. The summed E-state index contributed by atoms with van der Waals surface area (Å²) < 4.78 is 0. The van der Waals surface area contributed by atoms with Gasteiger partial charge in [0.25, 0.3) is 0 Å². The van der Waals surface area contributed by atoms with Crippen molar-refractivity contribution in [3.8, 4) is 0 Å². The average molecular weight is 242 g/mol. The van der Waals surface area contributed by atoms with E-state index in [2.05, 4.69) is 20.8 Å². The Bertz CT molecular complexity index is 143. The lowest BCUT2D eigenvalue weighted by Gasteiger charge is -2.17. The van der Waals surface area contributed by atoms with Gasteiger partial charge in [-0.2, -0.15) is 0 Å². The molecule has 0 spiro atoms. The summed E-state index contributed by atoms with van der Waals surface area (Å²) in [4.78, 5) is 0. The molecular formula is C15H34N2. The van der Waals surface area contributed by atoms with E-state index in [-0.39, 0.29) is 0 Å². The second kappa shape index (κ2) is 11.0. The van der Waals surface area contributed by atoms with Crippen molar-refractivity contribution in [2.45, 2.75) is 90.6 Å². The van der Waals surface area contributed by atoms with Crippen LogP contribution < -0.4 is 11.5 Å². The van der Waals surface area contributed by atoms with Gasteiger partial charge in [-0.1, -0.05) is 52.9 Å². The lowest BCUT2D eigenvalue weighted by Crippen LogP contribution is -2.19. The van der Waals surface area contributed by atoms with Crippen molar-refractivity contribution in [1.29, 1.82) is 0 Å². The van der Waals surface area contributed by atoms with Crippen molar-refractivity contribution < 1.29 is 0 Å². The van der Waals surface area contributed by atoms with Crippen LogP contribution in [0.3, 0.4) is 0 Å². The van der Waals surface area contributed by atoms with Crippen molar-refractivity contribution in [3.05, 3.63) is 0 Å². The zero-order chi connectivity index (χ0) is 13.1. The monoisotopic (exact) mass is 242 g/mol. The van der Waals surface area contributed by atoms with Crippen molar-refractivity contribution >= 4 is 0 Å². The highest BCUT2D eigenvalue weighted by Crippen LogP contribution is 2.20. The van der Waals surface area contributed by atoms with Crippen LogP contribution in [0.1, 0.15) is 78.6 Å².